The van der Waals surface area contributed by atoms with Crippen LogP contribution in [0.15, 0.2) is 66.7 Å². The van der Waals surface area contributed by atoms with Gasteiger partial charge >= 0.3 is 0 Å². The number of ether oxygens (including phenoxy) is 1. The van der Waals surface area contributed by atoms with Crippen LogP contribution in [0, 0.1) is 0 Å². The largest absolute Gasteiger partial charge is 0.455 e. The van der Waals surface area contributed by atoms with Crippen molar-refractivity contribution in [3.05, 3.63) is 72.3 Å². The van der Waals surface area contributed by atoms with Crippen LogP contribution in [0.1, 0.15) is 37.2 Å². The lowest BCUT2D eigenvalue weighted by atomic mass is 8.47. The Labute approximate surface area is 265 Å². The summed E-state index contributed by atoms with van der Waals surface area (Å²) in [6.07, 6.45) is 9.86. The molecular formula is C24H41B15N2O. The third-order valence-corrected chi connectivity index (χ3v) is 10.1. The molecule has 198 valence electrons. The van der Waals surface area contributed by atoms with Crippen LogP contribution in [0.3, 0.4) is 0 Å². The van der Waals surface area contributed by atoms with E-state index in [9.17, 15) is 0 Å². The highest BCUT2D eigenvalue weighted by Gasteiger charge is 2.46. The summed E-state index contributed by atoms with van der Waals surface area (Å²) in [7, 11) is 19.8. The van der Waals surface area contributed by atoms with Crippen LogP contribution < -0.4 is 16.2 Å². The molecule has 3 aromatic carbocycles. The molecule has 0 unspecified atom stereocenters. The fraction of sp³-hybridized carbons (Fsp3) is 0.250. The zero-order valence-corrected chi connectivity index (χ0v) is 27.4. The van der Waals surface area contributed by atoms with Gasteiger partial charge in [-0.3, -0.25) is 0 Å². The van der Waals surface area contributed by atoms with Gasteiger partial charge in [-0.1, -0.05) is 55.1 Å². The van der Waals surface area contributed by atoms with E-state index >= 15 is 0 Å². The average molecular weight is 536 g/mol. The molecule has 0 radical (unpaired) electrons. The van der Waals surface area contributed by atoms with E-state index in [1.165, 1.54) is 42.4 Å². The Morgan fingerprint density at radius 1 is 0.595 bits per heavy atom. The normalized spacial score (nSPS) is 16.2. The molecule has 0 aliphatic heterocycles. The summed E-state index contributed by atoms with van der Waals surface area (Å²) >= 11 is 0. The molecule has 1 saturated carbocycles. The Hall–Kier alpha value is -1.97. The topological polar surface area (TPSA) is 61.3 Å². The first-order chi connectivity index (χ1) is 20.0. The lowest BCUT2D eigenvalue weighted by molar-refractivity contribution is 0.442. The predicted molar refractivity (Wildman–Crippen MR) is 221 cm³/mol. The summed E-state index contributed by atoms with van der Waals surface area (Å²) < 4.78 is 5.98. The van der Waals surface area contributed by atoms with Gasteiger partial charge in [-0.15, -0.1) is 0 Å². The highest BCUT2D eigenvalue weighted by Crippen LogP contribution is 2.41. The third-order valence-electron chi connectivity index (χ3n) is 10.1. The monoisotopic (exact) mass is 538 g/mol. The Bertz CT molecular complexity index is 1250. The summed E-state index contributed by atoms with van der Waals surface area (Å²) in [6.45, 7) is 0.816. The van der Waals surface area contributed by atoms with Crippen LogP contribution in [-0.4, -0.2) is 107 Å². The van der Waals surface area contributed by atoms with Crippen molar-refractivity contribution in [3.8, 4) is 22.6 Å². The Kier molecular flexibility index (Phi) is 11.5. The summed E-state index contributed by atoms with van der Waals surface area (Å²) in [5, 5.41) is 0. The SMILES string of the molecule is BB(B)B(B(B)B)B(B(B(B)B)B(B)B)C1CCC(c2ccc(-c3ccc(Oc4cc(N)ccc4N)cc3)cc2)CC1. The minimum absolute atomic E-state index is 0.577. The van der Waals surface area contributed by atoms with Gasteiger partial charge in [0, 0.05) is 56.6 Å². The molecule has 0 spiro atoms. The van der Waals surface area contributed by atoms with Gasteiger partial charge in [-0.05, 0) is 59.7 Å². The smallest absolute Gasteiger partial charge is 0.152 e. The molecule has 0 saturated heterocycles. The lowest BCUT2D eigenvalue weighted by Gasteiger charge is -2.44. The summed E-state index contributed by atoms with van der Waals surface area (Å²) in [6, 6.07) is 22.8. The fourth-order valence-corrected chi connectivity index (χ4v) is 8.47. The molecule has 1 fully saturated rings. The van der Waals surface area contributed by atoms with Crippen LogP contribution in [0.4, 0.5) is 11.4 Å². The van der Waals surface area contributed by atoms with Gasteiger partial charge in [-0.2, -0.15) is 0 Å². The zero-order chi connectivity index (χ0) is 30.6. The van der Waals surface area contributed by atoms with Crippen molar-refractivity contribution < 1.29 is 4.74 Å². The van der Waals surface area contributed by atoms with Crippen molar-refractivity contribution in [3.63, 3.8) is 0 Å². The molecule has 18 heteroatoms. The first kappa shape index (κ1) is 32.9. The maximum Gasteiger partial charge on any atom is 0.152 e. The number of hydrogen-bond donors (Lipinski definition) is 2. The standard InChI is InChI=1S/C24H41B15N2O/c25-34(26)38(35(27)28)33(39(36(29)30)37(31)32)20-9-5-18(6-10-20)16-1-3-17(4-2-16)19-7-12-22(13-8-19)42-24-15-21(40)11-14-23(24)41/h1-4,7-8,11-15,18,20H,5-6,9-10,25-32,40-41H2. The molecule has 3 aromatic rings. The van der Waals surface area contributed by atoms with Crippen molar-refractivity contribution in [2.45, 2.75) is 37.4 Å². The zero-order valence-electron chi connectivity index (χ0n) is 27.4. The van der Waals surface area contributed by atoms with E-state index in [0.717, 1.165) is 56.4 Å². The number of nitrogens with two attached hydrogens (primary N) is 2. The maximum absolute atomic E-state index is 6.05. The van der Waals surface area contributed by atoms with Gasteiger partial charge in [0.2, 0.25) is 0 Å². The van der Waals surface area contributed by atoms with Crippen LogP contribution in [0.2, 0.25) is 5.82 Å². The molecule has 3 nitrogen and oxygen atoms in total. The molecule has 0 atom stereocenters. The molecule has 4 N–H and O–H groups in total. The van der Waals surface area contributed by atoms with E-state index in [4.69, 9.17) is 16.2 Å². The molecule has 4 rings (SSSR count). The van der Waals surface area contributed by atoms with Crippen LogP contribution in [-0.2, 0) is 0 Å². The van der Waals surface area contributed by atoms with Crippen molar-refractivity contribution in [2.75, 3.05) is 11.5 Å². The highest BCUT2D eigenvalue weighted by atomic mass is 16.5. The number of rotatable bonds is 11. The fourth-order valence-electron chi connectivity index (χ4n) is 8.47. The predicted octanol–water partition coefficient (Wildman–Crippen LogP) is -3.69. The molecule has 42 heavy (non-hydrogen) atoms. The number of nitrogen functional groups attached to an aromatic ring is 2. The molecule has 1 aliphatic rings. The molecule has 0 heterocycles. The molecular weight excluding hydrogens is 494 g/mol. The second kappa shape index (κ2) is 14.7. The summed E-state index contributed by atoms with van der Waals surface area (Å²) in [5.74, 6) is 2.84. The second-order valence-corrected chi connectivity index (χ2v) is 14.4. The van der Waals surface area contributed by atoms with Gasteiger partial charge in [-0.25, -0.2) is 0 Å². The van der Waals surface area contributed by atoms with Gasteiger partial charge in [0.15, 0.2) is 5.75 Å². The Balaban J connectivity index is 1.43. The Morgan fingerprint density at radius 3 is 1.55 bits per heavy atom. The van der Waals surface area contributed by atoms with E-state index in [0.29, 0.717) is 23.0 Å². The highest BCUT2D eigenvalue weighted by molar-refractivity contribution is 8.08. The third kappa shape index (κ3) is 7.94. The van der Waals surface area contributed by atoms with E-state index in [1.807, 2.05) is 12.1 Å². The summed E-state index contributed by atoms with van der Waals surface area (Å²) in [5.41, 5.74) is 17.1. The number of hydrogen-bond acceptors (Lipinski definition) is 3. The van der Waals surface area contributed by atoms with Crippen LogP contribution in [0.25, 0.3) is 11.1 Å². The van der Waals surface area contributed by atoms with Crippen LogP contribution in [0.5, 0.6) is 11.5 Å². The minimum Gasteiger partial charge on any atom is -0.455 e. The van der Waals surface area contributed by atoms with Crippen molar-refractivity contribution >= 4 is 118 Å². The molecule has 0 bridgehead atoms. The molecule has 1 aliphatic carbocycles. The van der Waals surface area contributed by atoms with Crippen molar-refractivity contribution in [1.82, 2.24) is 0 Å². The number of benzene rings is 3. The molecule has 0 aromatic heterocycles. The molecule has 0 amide bonds. The Morgan fingerprint density at radius 2 is 1.07 bits per heavy atom. The van der Waals surface area contributed by atoms with E-state index in [2.05, 4.69) is 98.3 Å². The quantitative estimate of drug-likeness (QED) is 0.196. The van der Waals surface area contributed by atoms with Gasteiger partial charge in [0.1, 0.15) is 5.75 Å². The van der Waals surface area contributed by atoms with Crippen molar-refractivity contribution in [1.29, 1.82) is 0 Å². The van der Waals surface area contributed by atoms with E-state index in [-0.39, 0.29) is 0 Å². The lowest BCUT2D eigenvalue weighted by Crippen LogP contribution is -2.75. The number of anilines is 2. The van der Waals surface area contributed by atoms with E-state index < -0.39 is 0 Å². The van der Waals surface area contributed by atoms with E-state index in [1.54, 1.807) is 18.2 Å². The van der Waals surface area contributed by atoms with Gasteiger partial charge in [0.25, 0.3) is 0 Å². The average Bonchev–Trinajstić information content (AvgIpc) is 2.94. The second-order valence-electron chi connectivity index (χ2n) is 14.4. The van der Waals surface area contributed by atoms with Gasteiger partial charge < -0.3 is 16.2 Å². The van der Waals surface area contributed by atoms with Gasteiger partial charge in [0.05, 0.1) is 67.6 Å². The first-order valence-electron chi connectivity index (χ1n) is 16.5. The van der Waals surface area contributed by atoms with Crippen LogP contribution >= 0.6 is 0 Å². The van der Waals surface area contributed by atoms with Crippen molar-refractivity contribution in [2.24, 2.45) is 0 Å². The summed E-state index contributed by atoms with van der Waals surface area (Å²) in [4.78, 5) is 0. The maximum atomic E-state index is 6.05. The first-order valence-corrected chi connectivity index (χ1v) is 16.5. The minimum atomic E-state index is 0.577.